The molecule has 4 heteroatoms. The molecule has 1 fully saturated rings. The van der Waals surface area contributed by atoms with E-state index in [0.717, 1.165) is 25.1 Å². The Morgan fingerprint density at radius 2 is 2.30 bits per heavy atom. The Hall–Kier alpha value is -1.55. The molecule has 1 aromatic rings. The first-order chi connectivity index (χ1) is 9.67. The molecule has 0 saturated carbocycles. The van der Waals surface area contributed by atoms with Crippen LogP contribution in [0.25, 0.3) is 0 Å². The van der Waals surface area contributed by atoms with Gasteiger partial charge in [0.1, 0.15) is 5.75 Å². The van der Waals surface area contributed by atoms with Gasteiger partial charge in [0.25, 0.3) is 5.91 Å². The van der Waals surface area contributed by atoms with Gasteiger partial charge < -0.3 is 15.4 Å². The van der Waals surface area contributed by atoms with Crippen LogP contribution >= 0.6 is 0 Å². The highest BCUT2D eigenvalue weighted by atomic mass is 16.5. The smallest absolute Gasteiger partial charge is 0.254 e. The van der Waals surface area contributed by atoms with Gasteiger partial charge in [-0.05, 0) is 37.0 Å². The maximum absolute atomic E-state index is 12.6. The highest BCUT2D eigenvalue weighted by molar-refractivity contribution is 5.95. The second-order valence-electron chi connectivity index (χ2n) is 5.44. The molecule has 0 spiro atoms. The van der Waals surface area contributed by atoms with Gasteiger partial charge in [-0.15, -0.1) is 0 Å². The Morgan fingerprint density at radius 1 is 1.50 bits per heavy atom. The fraction of sp³-hybridized carbons (Fsp3) is 0.562. The number of rotatable bonds is 5. The van der Waals surface area contributed by atoms with Crippen LogP contribution in [0.3, 0.4) is 0 Å². The SMILES string of the molecule is CCCOc1cccc(C(=O)N2CCC(C)C2CN)c1. The molecule has 0 aliphatic carbocycles. The molecule has 1 aliphatic rings. The first kappa shape index (κ1) is 14.9. The van der Waals surface area contributed by atoms with E-state index in [1.54, 1.807) is 0 Å². The molecule has 1 saturated heterocycles. The van der Waals surface area contributed by atoms with Crippen LogP contribution < -0.4 is 10.5 Å². The van der Waals surface area contributed by atoms with E-state index in [9.17, 15) is 4.79 Å². The molecule has 4 nitrogen and oxygen atoms in total. The van der Waals surface area contributed by atoms with E-state index >= 15 is 0 Å². The Morgan fingerprint density at radius 3 is 3.00 bits per heavy atom. The zero-order valence-electron chi connectivity index (χ0n) is 12.3. The normalized spacial score (nSPS) is 22.1. The van der Waals surface area contributed by atoms with Gasteiger partial charge in [0.15, 0.2) is 0 Å². The predicted molar refractivity (Wildman–Crippen MR) is 79.9 cm³/mol. The average Bonchev–Trinajstić information content (AvgIpc) is 2.85. The van der Waals surface area contributed by atoms with Crippen molar-refractivity contribution in [3.63, 3.8) is 0 Å². The molecule has 2 rings (SSSR count). The highest BCUT2D eigenvalue weighted by Crippen LogP contribution is 2.25. The van der Waals surface area contributed by atoms with Crippen molar-refractivity contribution in [1.29, 1.82) is 0 Å². The number of carbonyl (C=O) groups is 1. The van der Waals surface area contributed by atoms with Gasteiger partial charge in [-0.2, -0.15) is 0 Å². The first-order valence-electron chi connectivity index (χ1n) is 7.41. The summed E-state index contributed by atoms with van der Waals surface area (Å²) < 4.78 is 5.59. The van der Waals surface area contributed by atoms with Crippen LogP contribution in [0.5, 0.6) is 5.75 Å². The second kappa shape index (κ2) is 6.75. The molecule has 2 atom stereocenters. The van der Waals surface area contributed by atoms with Crippen molar-refractivity contribution in [2.24, 2.45) is 11.7 Å². The minimum atomic E-state index is 0.0618. The van der Waals surface area contributed by atoms with Crippen LogP contribution in [-0.4, -0.2) is 36.5 Å². The molecular weight excluding hydrogens is 252 g/mol. The van der Waals surface area contributed by atoms with Gasteiger partial charge in [-0.3, -0.25) is 4.79 Å². The minimum absolute atomic E-state index is 0.0618. The third-order valence-electron chi connectivity index (χ3n) is 3.94. The third-order valence-corrected chi connectivity index (χ3v) is 3.94. The Balaban J connectivity index is 2.12. The fourth-order valence-electron chi connectivity index (χ4n) is 2.72. The first-order valence-corrected chi connectivity index (χ1v) is 7.41. The summed E-state index contributed by atoms with van der Waals surface area (Å²) in [6.07, 6.45) is 1.98. The van der Waals surface area contributed by atoms with Crippen molar-refractivity contribution in [3.8, 4) is 5.75 Å². The van der Waals surface area contributed by atoms with Crippen molar-refractivity contribution in [3.05, 3.63) is 29.8 Å². The summed E-state index contributed by atoms with van der Waals surface area (Å²) >= 11 is 0. The molecule has 1 aromatic carbocycles. The number of ether oxygens (including phenoxy) is 1. The quantitative estimate of drug-likeness (QED) is 0.897. The molecule has 110 valence electrons. The number of nitrogens with two attached hydrogens (primary N) is 1. The van der Waals surface area contributed by atoms with Crippen LogP contribution in [0.15, 0.2) is 24.3 Å². The topological polar surface area (TPSA) is 55.6 Å². The molecular formula is C16H24N2O2. The van der Waals surface area contributed by atoms with Crippen LogP contribution in [0, 0.1) is 5.92 Å². The molecule has 1 heterocycles. The van der Waals surface area contributed by atoms with Crippen molar-refractivity contribution >= 4 is 5.91 Å². The van der Waals surface area contributed by atoms with Crippen LogP contribution in [-0.2, 0) is 0 Å². The molecule has 1 aliphatic heterocycles. The monoisotopic (exact) mass is 276 g/mol. The maximum atomic E-state index is 12.6. The molecule has 1 amide bonds. The van der Waals surface area contributed by atoms with E-state index in [1.165, 1.54) is 0 Å². The van der Waals surface area contributed by atoms with Crippen molar-refractivity contribution < 1.29 is 9.53 Å². The van der Waals surface area contributed by atoms with Crippen molar-refractivity contribution in [1.82, 2.24) is 4.90 Å². The number of hydrogen-bond donors (Lipinski definition) is 1. The summed E-state index contributed by atoms with van der Waals surface area (Å²) in [6, 6.07) is 7.59. The van der Waals surface area contributed by atoms with Gasteiger partial charge in [-0.1, -0.05) is 19.9 Å². The minimum Gasteiger partial charge on any atom is -0.494 e. The lowest BCUT2D eigenvalue weighted by molar-refractivity contribution is 0.0727. The third kappa shape index (κ3) is 3.12. The summed E-state index contributed by atoms with van der Waals surface area (Å²) in [7, 11) is 0. The molecule has 20 heavy (non-hydrogen) atoms. The summed E-state index contributed by atoms with van der Waals surface area (Å²) in [6.45, 7) is 6.21. The molecule has 2 unspecified atom stereocenters. The van der Waals surface area contributed by atoms with Crippen LogP contribution in [0.4, 0.5) is 0 Å². The summed E-state index contributed by atoms with van der Waals surface area (Å²) in [5.74, 6) is 1.30. The Labute approximate surface area is 120 Å². The van der Waals surface area contributed by atoms with Gasteiger partial charge in [0.2, 0.25) is 0 Å². The standard InChI is InChI=1S/C16H24N2O2/c1-3-9-20-14-6-4-5-13(10-14)16(19)18-8-7-12(2)15(18)11-17/h4-6,10,12,15H,3,7-9,11,17H2,1-2H3. The number of likely N-dealkylation sites (tertiary alicyclic amines) is 1. The van der Waals surface area contributed by atoms with Gasteiger partial charge in [0, 0.05) is 24.7 Å². The maximum Gasteiger partial charge on any atom is 0.254 e. The predicted octanol–water partition coefficient (Wildman–Crippen LogP) is 2.28. The summed E-state index contributed by atoms with van der Waals surface area (Å²) in [5.41, 5.74) is 6.49. The zero-order chi connectivity index (χ0) is 14.5. The summed E-state index contributed by atoms with van der Waals surface area (Å²) in [4.78, 5) is 14.5. The van der Waals surface area contributed by atoms with E-state index in [0.29, 0.717) is 24.6 Å². The van der Waals surface area contributed by atoms with Crippen molar-refractivity contribution in [2.45, 2.75) is 32.7 Å². The second-order valence-corrected chi connectivity index (χ2v) is 5.44. The van der Waals surface area contributed by atoms with Gasteiger partial charge >= 0.3 is 0 Å². The van der Waals surface area contributed by atoms with Crippen molar-refractivity contribution in [2.75, 3.05) is 19.7 Å². The lowest BCUT2D eigenvalue weighted by Crippen LogP contribution is -2.42. The molecule has 0 aromatic heterocycles. The molecule has 2 N–H and O–H groups in total. The van der Waals surface area contributed by atoms with E-state index in [-0.39, 0.29) is 11.9 Å². The highest BCUT2D eigenvalue weighted by Gasteiger charge is 2.33. The molecule has 0 radical (unpaired) electrons. The van der Waals surface area contributed by atoms with E-state index < -0.39 is 0 Å². The average molecular weight is 276 g/mol. The number of benzene rings is 1. The van der Waals surface area contributed by atoms with Gasteiger partial charge in [0.05, 0.1) is 6.61 Å². The van der Waals surface area contributed by atoms with Crippen LogP contribution in [0.1, 0.15) is 37.0 Å². The van der Waals surface area contributed by atoms with E-state index in [2.05, 4.69) is 13.8 Å². The van der Waals surface area contributed by atoms with E-state index in [1.807, 2.05) is 29.2 Å². The van der Waals surface area contributed by atoms with Gasteiger partial charge in [-0.25, -0.2) is 0 Å². The lowest BCUT2D eigenvalue weighted by atomic mass is 10.0. The number of nitrogens with zero attached hydrogens (tertiary/aromatic N) is 1. The number of carbonyl (C=O) groups excluding carboxylic acids is 1. The Kier molecular flexibility index (Phi) is 5.01. The fourth-order valence-corrected chi connectivity index (χ4v) is 2.72. The number of hydrogen-bond acceptors (Lipinski definition) is 3. The Bertz CT molecular complexity index is 462. The summed E-state index contributed by atoms with van der Waals surface area (Å²) in [5, 5.41) is 0. The largest absolute Gasteiger partial charge is 0.494 e. The zero-order valence-corrected chi connectivity index (χ0v) is 12.3. The molecule has 0 bridgehead atoms. The lowest BCUT2D eigenvalue weighted by Gasteiger charge is -2.26. The van der Waals surface area contributed by atoms with Crippen LogP contribution in [0.2, 0.25) is 0 Å². The number of amides is 1. The van der Waals surface area contributed by atoms with E-state index in [4.69, 9.17) is 10.5 Å².